The lowest BCUT2D eigenvalue weighted by atomic mass is 10.1. The summed E-state index contributed by atoms with van der Waals surface area (Å²) >= 11 is 0. The van der Waals surface area contributed by atoms with Crippen molar-refractivity contribution in [3.8, 4) is 0 Å². The number of amides is 1. The molecule has 3 rings (SSSR count). The molecule has 1 aromatic heterocycles. The molecule has 0 bridgehead atoms. The summed E-state index contributed by atoms with van der Waals surface area (Å²) < 4.78 is 0. The minimum Gasteiger partial charge on any atom is -0.354 e. The monoisotopic (exact) mass is 345 g/mol. The van der Waals surface area contributed by atoms with Crippen LogP contribution in [0.2, 0.25) is 0 Å². The lowest BCUT2D eigenvalue weighted by Gasteiger charge is -2.24. The fourth-order valence-corrected chi connectivity index (χ4v) is 3.80. The topological polar surface area (TPSA) is 61.4 Å². The fourth-order valence-electron chi connectivity index (χ4n) is 3.80. The maximum Gasteiger partial charge on any atom is 0.225 e. The van der Waals surface area contributed by atoms with Crippen LogP contribution >= 0.6 is 0 Å². The second kappa shape index (κ2) is 9.13. The molecule has 6 heteroatoms. The molecule has 2 fully saturated rings. The quantitative estimate of drug-likeness (QED) is 0.858. The maximum absolute atomic E-state index is 12.6. The molecule has 25 heavy (non-hydrogen) atoms. The fraction of sp³-hybridized carbons (Fsp3) is 0.737. The van der Waals surface area contributed by atoms with E-state index in [-0.39, 0.29) is 0 Å². The number of nitrogens with one attached hydrogen (secondary N) is 1. The third-order valence-electron chi connectivity index (χ3n) is 5.25. The van der Waals surface area contributed by atoms with Gasteiger partial charge in [0.25, 0.3) is 0 Å². The first-order valence-electron chi connectivity index (χ1n) is 9.82. The van der Waals surface area contributed by atoms with Gasteiger partial charge in [0.2, 0.25) is 11.9 Å². The van der Waals surface area contributed by atoms with E-state index in [1.807, 2.05) is 12.4 Å². The van der Waals surface area contributed by atoms with E-state index in [4.69, 9.17) is 0 Å². The molecule has 1 aromatic rings. The Hall–Kier alpha value is -1.69. The van der Waals surface area contributed by atoms with E-state index < -0.39 is 0 Å². The molecule has 1 aliphatic carbocycles. The number of hydrogen-bond acceptors (Lipinski definition) is 5. The number of rotatable bonds is 6. The van der Waals surface area contributed by atoms with Gasteiger partial charge in [-0.15, -0.1) is 0 Å². The van der Waals surface area contributed by atoms with Crippen LogP contribution in [0.4, 0.5) is 5.95 Å². The summed E-state index contributed by atoms with van der Waals surface area (Å²) in [5.74, 6) is 1.40. The van der Waals surface area contributed by atoms with E-state index >= 15 is 0 Å². The van der Waals surface area contributed by atoms with Gasteiger partial charge in [-0.05, 0) is 25.7 Å². The van der Waals surface area contributed by atoms with Crippen molar-refractivity contribution in [2.45, 2.75) is 52.0 Å². The Morgan fingerprint density at radius 1 is 1.12 bits per heavy atom. The van der Waals surface area contributed by atoms with Gasteiger partial charge in [-0.1, -0.05) is 19.8 Å². The molecule has 1 saturated carbocycles. The number of carbonyl (C=O) groups is 1. The average Bonchev–Trinajstić information content (AvgIpc) is 3.08. The Morgan fingerprint density at radius 2 is 1.88 bits per heavy atom. The highest BCUT2D eigenvalue weighted by atomic mass is 16.2. The molecule has 0 radical (unpaired) electrons. The molecule has 0 aromatic carbocycles. The Bertz CT molecular complexity index is 541. The van der Waals surface area contributed by atoms with Gasteiger partial charge in [0, 0.05) is 63.1 Å². The average molecular weight is 345 g/mol. The molecular weight excluding hydrogens is 314 g/mol. The van der Waals surface area contributed by atoms with E-state index in [0.717, 1.165) is 70.5 Å². The van der Waals surface area contributed by atoms with E-state index in [1.54, 1.807) is 0 Å². The van der Waals surface area contributed by atoms with Gasteiger partial charge in [-0.2, -0.15) is 0 Å². The molecule has 0 unspecified atom stereocenters. The predicted octanol–water partition coefficient (Wildman–Crippen LogP) is 2.52. The van der Waals surface area contributed by atoms with Crippen LogP contribution < -0.4 is 5.32 Å². The third-order valence-corrected chi connectivity index (χ3v) is 5.25. The third kappa shape index (κ3) is 5.14. The second-order valence-electron chi connectivity index (χ2n) is 7.28. The Kier molecular flexibility index (Phi) is 6.62. The van der Waals surface area contributed by atoms with Crippen molar-refractivity contribution in [1.82, 2.24) is 19.8 Å². The first kappa shape index (κ1) is 18.1. The molecule has 1 aliphatic heterocycles. The number of aromatic nitrogens is 2. The van der Waals surface area contributed by atoms with Gasteiger partial charge in [0.1, 0.15) is 0 Å². The van der Waals surface area contributed by atoms with Gasteiger partial charge < -0.3 is 10.2 Å². The molecule has 0 spiro atoms. The van der Waals surface area contributed by atoms with Crippen molar-refractivity contribution in [1.29, 1.82) is 0 Å². The smallest absolute Gasteiger partial charge is 0.225 e. The van der Waals surface area contributed by atoms with Crippen LogP contribution in [-0.4, -0.2) is 58.4 Å². The Morgan fingerprint density at radius 3 is 2.60 bits per heavy atom. The van der Waals surface area contributed by atoms with Crippen LogP contribution in [-0.2, 0) is 11.3 Å². The van der Waals surface area contributed by atoms with Crippen LogP contribution in [0.3, 0.4) is 0 Å². The summed E-state index contributed by atoms with van der Waals surface area (Å²) in [6.07, 6.45) is 10.6. The summed E-state index contributed by atoms with van der Waals surface area (Å²) in [4.78, 5) is 25.9. The van der Waals surface area contributed by atoms with E-state index in [0.29, 0.717) is 17.8 Å². The van der Waals surface area contributed by atoms with E-state index in [9.17, 15) is 4.79 Å². The highest BCUT2D eigenvalue weighted by Gasteiger charge is 2.28. The largest absolute Gasteiger partial charge is 0.354 e. The molecule has 2 heterocycles. The molecule has 1 saturated heterocycles. The molecule has 0 atom stereocenters. The Labute approximate surface area is 151 Å². The van der Waals surface area contributed by atoms with Crippen LogP contribution in [0.15, 0.2) is 12.4 Å². The highest BCUT2D eigenvalue weighted by molar-refractivity contribution is 5.79. The minimum absolute atomic E-state index is 0.295. The summed E-state index contributed by atoms with van der Waals surface area (Å²) in [6.45, 7) is 7.62. The zero-order chi connectivity index (χ0) is 17.5. The highest BCUT2D eigenvalue weighted by Crippen LogP contribution is 2.27. The van der Waals surface area contributed by atoms with Crippen molar-refractivity contribution in [3.05, 3.63) is 18.0 Å². The van der Waals surface area contributed by atoms with Gasteiger partial charge in [-0.3, -0.25) is 9.69 Å². The van der Waals surface area contributed by atoms with Crippen LogP contribution in [0.5, 0.6) is 0 Å². The second-order valence-corrected chi connectivity index (χ2v) is 7.28. The number of carbonyl (C=O) groups excluding carboxylic acids is 1. The first-order chi connectivity index (χ1) is 12.3. The van der Waals surface area contributed by atoms with Gasteiger partial charge >= 0.3 is 0 Å². The lowest BCUT2D eigenvalue weighted by molar-refractivity contribution is -0.135. The number of nitrogens with zero attached hydrogens (tertiary/aromatic N) is 4. The molecule has 6 nitrogen and oxygen atoms in total. The molecule has 2 aliphatic rings. The number of hydrogen-bond donors (Lipinski definition) is 1. The summed E-state index contributed by atoms with van der Waals surface area (Å²) in [6, 6.07) is 0. The maximum atomic E-state index is 12.6. The predicted molar refractivity (Wildman–Crippen MR) is 99.2 cm³/mol. The van der Waals surface area contributed by atoms with Gasteiger partial charge in [-0.25, -0.2) is 9.97 Å². The van der Waals surface area contributed by atoms with Crippen molar-refractivity contribution in [3.63, 3.8) is 0 Å². The zero-order valence-electron chi connectivity index (χ0n) is 15.4. The summed E-state index contributed by atoms with van der Waals surface area (Å²) in [5, 5.41) is 3.20. The normalized spacial score (nSPS) is 19.8. The van der Waals surface area contributed by atoms with E-state index in [1.165, 1.54) is 12.8 Å². The SMILES string of the molecule is CCCNc1ncc(CN2CCCN(C(=O)C3CCCC3)CC2)cn1. The molecule has 1 amide bonds. The van der Waals surface area contributed by atoms with Crippen LogP contribution in [0.25, 0.3) is 0 Å². The van der Waals surface area contributed by atoms with Crippen molar-refractivity contribution in [2.24, 2.45) is 5.92 Å². The first-order valence-corrected chi connectivity index (χ1v) is 9.82. The zero-order valence-corrected chi connectivity index (χ0v) is 15.4. The molecule has 1 N–H and O–H groups in total. The van der Waals surface area contributed by atoms with Gasteiger partial charge in [0.05, 0.1) is 0 Å². The number of anilines is 1. The Balaban J connectivity index is 1.48. The summed E-state index contributed by atoms with van der Waals surface area (Å²) in [7, 11) is 0. The van der Waals surface area contributed by atoms with Crippen LogP contribution in [0, 0.1) is 5.92 Å². The minimum atomic E-state index is 0.295. The molecular formula is C19H31N5O. The van der Waals surface area contributed by atoms with Crippen molar-refractivity contribution in [2.75, 3.05) is 38.0 Å². The van der Waals surface area contributed by atoms with E-state index in [2.05, 4.69) is 32.0 Å². The summed E-state index contributed by atoms with van der Waals surface area (Å²) in [5.41, 5.74) is 1.14. The standard InChI is InChI=1S/C19H31N5O/c1-2-8-20-19-21-13-16(14-22-19)15-23-9-5-10-24(12-11-23)18(25)17-6-3-4-7-17/h13-14,17H,2-12,15H2,1H3,(H,20,21,22). The van der Waals surface area contributed by atoms with Crippen molar-refractivity contribution >= 4 is 11.9 Å². The molecule has 138 valence electrons. The van der Waals surface area contributed by atoms with Crippen molar-refractivity contribution < 1.29 is 4.79 Å². The van der Waals surface area contributed by atoms with Crippen LogP contribution in [0.1, 0.15) is 51.0 Å². The lowest BCUT2D eigenvalue weighted by Crippen LogP contribution is -2.38. The van der Waals surface area contributed by atoms with Gasteiger partial charge in [0.15, 0.2) is 0 Å².